The molecular formula is C15H15N3O. The van der Waals surface area contributed by atoms with Gasteiger partial charge in [-0.05, 0) is 25.3 Å². The summed E-state index contributed by atoms with van der Waals surface area (Å²) in [6.45, 7) is 3.93. The molecule has 3 aromatic rings. The lowest BCUT2D eigenvalue weighted by atomic mass is 10.1. The topological polar surface area (TPSA) is 50.9 Å². The average Bonchev–Trinajstić information content (AvgIpc) is 2.78. The quantitative estimate of drug-likeness (QED) is 0.763. The van der Waals surface area contributed by atoms with Crippen molar-refractivity contribution in [3.63, 3.8) is 0 Å². The molecule has 0 radical (unpaired) electrons. The number of benzene rings is 1. The van der Waals surface area contributed by atoms with Crippen molar-refractivity contribution in [1.82, 2.24) is 14.5 Å². The highest BCUT2D eigenvalue weighted by molar-refractivity contribution is 5.89. The van der Waals surface area contributed by atoms with E-state index in [0.717, 1.165) is 28.0 Å². The molecule has 0 saturated heterocycles. The molecule has 0 saturated carbocycles. The molecule has 4 nitrogen and oxygen atoms in total. The van der Waals surface area contributed by atoms with Crippen LogP contribution in [-0.4, -0.2) is 19.6 Å². The maximum absolute atomic E-state index is 9.36. The Morgan fingerprint density at radius 3 is 2.68 bits per heavy atom. The zero-order valence-corrected chi connectivity index (χ0v) is 11.0. The molecule has 0 atom stereocenters. The molecule has 1 N–H and O–H groups in total. The van der Waals surface area contributed by atoms with E-state index in [4.69, 9.17) is 0 Å². The van der Waals surface area contributed by atoms with Gasteiger partial charge in [-0.15, -0.1) is 0 Å². The van der Waals surface area contributed by atoms with Crippen LogP contribution in [0.5, 0.6) is 0 Å². The van der Waals surface area contributed by atoms with Crippen molar-refractivity contribution in [2.75, 3.05) is 0 Å². The number of nitrogens with zero attached hydrogens (tertiary/aromatic N) is 3. The molecule has 0 bridgehead atoms. The van der Waals surface area contributed by atoms with Crippen molar-refractivity contribution < 1.29 is 5.11 Å². The van der Waals surface area contributed by atoms with Crippen LogP contribution in [0.1, 0.15) is 17.1 Å². The fraction of sp³-hybridized carbons (Fsp3) is 0.200. The maximum Gasteiger partial charge on any atom is 0.146 e. The Labute approximate surface area is 111 Å². The number of hydrogen-bond donors (Lipinski definition) is 1. The van der Waals surface area contributed by atoms with E-state index in [2.05, 4.69) is 9.97 Å². The van der Waals surface area contributed by atoms with E-state index < -0.39 is 0 Å². The van der Waals surface area contributed by atoms with Crippen LogP contribution in [0.2, 0.25) is 0 Å². The highest BCUT2D eigenvalue weighted by Crippen LogP contribution is 2.23. The first-order valence-electron chi connectivity index (χ1n) is 6.21. The number of fused-ring (bicyclic) bond motifs is 1. The summed E-state index contributed by atoms with van der Waals surface area (Å²) in [5.41, 5.74) is 2.72. The second-order valence-corrected chi connectivity index (χ2v) is 4.60. The molecule has 0 unspecified atom stereocenters. The predicted octanol–water partition coefficient (Wildman–Crippen LogP) is 2.53. The van der Waals surface area contributed by atoms with Crippen molar-refractivity contribution in [2.24, 2.45) is 0 Å². The predicted molar refractivity (Wildman–Crippen MR) is 74.3 cm³/mol. The number of pyridine rings is 1. The van der Waals surface area contributed by atoms with E-state index in [-0.39, 0.29) is 6.61 Å². The van der Waals surface area contributed by atoms with Gasteiger partial charge in [-0.25, -0.2) is 9.97 Å². The van der Waals surface area contributed by atoms with E-state index in [0.29, 0.717) is 5.69 Å². The van der Waals surface area contributed by atoms with Gasteiger partial charge in [-0.1, -0.05) is 24.3 Å². The standard InChI is InChI=1S/C15H15N3O/c1-10-11(2)18(9-16-10)15-14-6-4-3-5-12(14)7-13(8-19)17-15/h3-7,9,19H,8H2,1-2H3. The van der Waals surface area contributed by atoms with Gasteiger partial charge in [0.05, 0.1) is 18.0 Å². The Bertz CT molecular complexity index is 746. The lowest BCUT2D eigenvalue weighted by Gasteiger charge is -2.10. The summed E-state index contributed by atoms with van der Waals surface area (Å²) in [4.78, 5) is 8.85. The first-order chi connectivity index (χ1) is 9.20. The van der Waals surface area contributed by atoms with Gasteiger partial charge >= 0.3 is 0 Å². The third-order valence-electron chi connectivity index (χ3n) is 3.42. The molecule has 19 heavy (non-hydrogen) atoms. The molecule has 0 aliphatic rings. The molecule has 3 rings (SSSR count). The number of aryl methyl sites for hydroxylation is 1. The maximum atomic E-state index is 9.36. The van der Waals surface area contributed by atoms with Crippen LogP contribution >= 0.6 is 0 Å². The Morgan fingerprint density at radius 2 is 2.00 bits per heavy atom. The normalized spacial score (nSPS) is 11.1. The summed E-state index contributed by atoms with van der Waals surface area (Å²) in [5.74, 6) is 0.820. The molecule has 0 aliphatic heterocycles. The minimum atomic E-state index is -0.0649. The van der Waals surface area contributed by atoms with Crippen LogP contribution < -0.4 is 0 Å². The monoisotopic (exact) mass is 253 g/mol. The fourth-order valence-corrected chi connectivity index (χ4v) is 2.21. The van der Waals surface area contributed by atoms with E-state index in [1.165, 1.54) is 0 Å². The first-order valence-corrected chi connectivity index (χ1v) is 6.21. The van der Waals surface area contributed by atoms with Gasteiger partial charge in [0.15, 0.2) is 0 Å². The highest BCUT2D eigenvalue weighted by Gasteiger charge is 2.10. The molecule has 96 valence electrons. The van der Waals surface area contributed by atoms with E-state index >= 15 is 0 Å². The molecule has 0 aliphatic carbocycles. The summed E-state index contributed by atoms with van der Waals surface area (Å²) in [5, 5.41) is 11.5. The van der Waals surface area contributed by atoms with Crippen LogP contribution in [0.4, 0.5) is 0 Å². The van der Waals surface area contributed by atoms with Gasteiger partial charge < -0.3 is 5.11 Å². The van der Waals surface area contributed by atoms with Gasteiger partial charge in [0.25, 0.3) is 0 Å². The molecule has 1 aromatic carbocycles. The van der Waals surface area contributed by atoms with Gasteiger partial charge in [0.2, 0.25) is 0 Å². The molecular weight excluding hydrogens is 238 g/mol. The van der Waals surface area contributed by atoms with Crippen molar-refractivity contribution >= 4 is 10.8 Å². The largest absolute Gasteiger partial charge is 0.390 e. The zero-order valence-electron chi connectivity index (χ0n) is 11.0. The summed E-state index contributed by atoms with van der Waals surface area (Å²) in [6.07, 6.45) is 1.78. The first kappa shape index (κ1) is 11.9. The highest BCUT2D eigenvalue weighted by atomic mass is 16.3. The number of rotatable bonds is 2. The lowest BCUT2D eigenvalue weighted by Crippen LogP contribution is -2.03. The summed E-state index contributed by atoms with van der Waals surface area (Å²) >= 11 is 0. The van der Waals surface area contributed by atoms with Gasteiger partial charge in [0.1, 0.15) is 12.1 Å². The molecule has 0 fully saturated rings. The molecule has 2 heterocycles. The second-order valence-electron chi connectivity index (χ2n) is 4.60. The van der Waals surface area contributed by atoms with Crippen molar-refractivity contribution in [3.05, 3.63) is 53.7 Å². The van der Waals surface area contributed by atoms with E-state index in [1.54, 1.807) is 6.33 Å². The van der Waals surface area contributed by atoms with Crippen LogP contribution in [-0.2, 0) is 6.61 Å². The minimum absolute atomic E-state index is 0.0649. The second kappa shape index (κ2) is 4.48. The number of aliphatic hydroxyl groups excluding tert-OH is 1. The SMILES string of the molecule is Cc1ncn(-c2nc(CO)cc3ccccc23)c1C. The number of aromatic nitrogens is 3. The molecule has 0 spiro atoms. The van der Waals surface area contributed by atoms with Crippen LogP contribution in [0.25, 0.3) is 16.6 Å². The summed E-state index contributed by atoms with van der Waals surface area (Å²) < 4.78 is 1.97. The Morgan fingerprint density at radius 1 is 1.21 bits per heavy atom. The van der Waals surface area contributed by atoms with Crippen molar-refractivity contribution in [3.8, 4) is 5.82 Å². The number of aliphatic hydroxyl groups is 1. The Balaban J connectivity index is 2.36. The molecule has 0 amide bonds. The molecule has 2 aromatic heterocycles. The van der Waals surface area contributed by atoms with Crippen LogP contribution in [0.3, 0.4) is 0 Å². The lowest BCUT2D eigenvalue weighted by molar-refractivity contribution is 0.277. The van der Waals surface area contributed by atoms with Gasteiger partial charge in [-0.3, -0.25) is 4.57 Å². The van der Waals surface area contributed by atoms with Crippen molar-refractivity contribution in [2.45, 2.75) is 20.5 Å². The van der Waals surface area contributed by atoms with Crippen LogP contribution in [0, 0.1) is 13.8 Å². The summed E-state index contributed by atoms with van der Waals surface area (Å²) in [6, 6.07) is 9.95. The minimum Gasteiger partial charge on any atom is -0.390 e. The third-order valence-corrected chi connectivity index (χ3v) is 3.42. The van der Waals surface area contributed by atoms with Gasteiger partial charge in [0, 0.05) is 11.1 Å². The average molecular weight is 253 g/mol. The van der Waals surface area contributed by atoms with E-state index in [1.807, 2.05) is 48.7 Å². The smallest absolute Gasteiger partial charge is 0.146 e. The zero-order chi connectivity index (χ0) is 13.4. The fourth-order valence-electron chi connectivity index (χ4n) is 2.21. The number of imidazole rings is 1. The van der Waals surface area contributed by atoms with E-state index in [9.17, 15) is 5.11 Å². The number of hydrogen-bond acceptors (Lipinski definition) is 3. The summed E-state index contributed by atoms with van der Waals surface area (Å²) in [7, 11) is 0. The van der Waals surface area contributed by atoms with Crippen LogP contribution in [0.15, 0.2) is 36.7 Å². The Hall–Kier alpha value is -2.20. The third kappa shape index (κ3) is 1.90. The molecule has 4 heteroatoms. The van der Waals surface area contributed by atoms with Gasteiger partial charge in [-0.2, -0.15) is 0 Å². The van der Waals surface area contributed by atoms with Crippen molar-refractivity contribution in [1.29, 1.82) is 0 Å². The Kier molecular flexibility index (Phi) is 2.80.